The van der Waals surface area contributed by atoms with Gasteiger partial charge in [0.1, 0.15) is 17.4 Å². The first-order chi connectivity index (χ1) is 13.2. The molecule has 0 aliphatic carbocycles. The van der Waals surface area contributed by atoms with Crippen molar-refractivity contribution in [3.63, 3.8) is 0 Å². The number of hydrogen-bond acceptors (Lipinski definition) is 4. The topological polar surface area (TPSA) is 43.2 Å². The number of aromatic nitrogens is 3. The normalized spacial score (nSPS) is 15.6. The molecule has 5 nitrogen and oxygen atoms in total. The molecule has 0 unspecified atom stereocenters. The molecule has 0 atom stereocenters. The van der Waals surface area contributed by atoms with E-state index in [9.17, 15) is 8.78 Å². The summed E-state index contributed by atoms with van der Waals surface area (Å²) in [6.45, 7) is 1.04. The third-order valence-corrected chi connectivity index (χ3v) is 5.08. The van der Waals surface area contributed by atoms with Gasteiger partial charge in [0.25, 0.3) is 0 Å². The van der Waals surface area contributed by atoms with Crippen LogP contribution in [0.2, 0.25) is 0 Å². The zero-order valence-corrected chi connectivity index (χ0v) is 15.2. The highest BCUT2D eigenvalue weighted by Crippen LogP contribution is 2.31. The Kier molecular flexibility index (Phi) is 4.92. The maximum absolute atomic E-state index is 12.3. The number of halogens is 2. The van der Waals surface area contributed by atoms with Crippen LogP contribution in [0.5, 0.6) is 5.75 Å². The first-order valence-electron chi connectivity index (χ1n) is 9.27. The highest BCUT2D eigenvalue weighted by molar-refractivity contribution is 5.76. The molecule has 0 radical (unpaired) electrons. The number of aryl methyl sites for hydroxylation is 1. The first kappa shape index (κ1) is 17.7. The van der Waals surface area contributed by atoms with Crippen LogP contribution >= 0.6 is 0 Å². The van der Waals surface area contributed by atoms with Crippen LogP contribution in [-0.2, 0) is 6.42 Å². The van der Waals surface area contributed by atoms with E-state index < -0.39 is 6.61 Å². The van der Waals surface area contributed by atoms with E-state index in [0.29, 0.717) is 6.04 Å². The molecule has 1 aliphatic heterocycles. The van der Waals surface area contributed by atoms with Crippen LogP contribution in [-0.4, -0.2) is 34.2 Å². The van der Waals surface area contributed by atoms with Crippen LogP contribution < -0.4 is 9.64 Å². The van der Waals surface area contributed by atoms with Crippen LogP contribution in [0.25, 0.3) is 11.0 Å². The standard InChI is InChI=1S/C20H22F2N4O/c1-2-18-24-16-5-3-4-6-17(16)26(18)14-9-11-25(12-10-14)19-8-7-15(13-23-19)27-20(21)22/h3-8,13-14,20H,2,9-12H2,1H3. The summed E-state index contributed by atoms with van der Waals surface area (Å²) in [7, 11) is 0. The number of alkyl halides is 2. The molecule has 142 valence electrons. The molecule has 7 heteroatoms. The summed E-state index contributed by atoms with van der Waals surface area (Å²) in [5.41, 5.74) is 2.24. The van der Waals surface area contributed by atoms with Crippen molar-refractivity contribution in [3.8, 4) is 5.75 Å². The van der Waals surface area contributed by atoms with Gasteiger partial charge in [-0.3, -0.25) is 0 Å². The van der Waals surface area contributed by atoms with Crippen LogP contribution in [0.1, 0.15) is 31.6 Å². The number of piperidine rings is 1. The number of imidazole rings is 1. The lowest BCUT2D eigenvalue weighted by atomic mass is 10.0. The van der Waals surface area contributed by atoms with Gasteiger partial charge in [-0.2, -0.15) is 8.78 Å². The van der Waals surface area contributed by atoms with E-state index in [1.807, 2.05) is 6.07 Å². The SMILES string of the molecule is CCc1nc2ccccc2n1C1CCN(c2ccc(OC(F)F)cn2)CC1. The number of para-hydroxylation sites is 2. The first-order valence-corrected chi connectivity index (χ1v) is 9.27. The van der Waals surface area contributed by atoms with Gasteiger partial charge in [0.05, 0.1) is 17.2 Å². The van der Waals surface area contributed by atoms with Gasteiger partial charge >= 0.3 is 6.61 Å². The molecule has 1 aliphatic rings. The van der Waals surface area contributed by atoms with Gasteiger partial charge in [0.2, 0.25) is 0 Å². The third-order valence-electron chi connectivity index (χ3n) is 5.08. The summed E-state index contributed by atoms with van der Waals surface area (Å²) in [5.74, 6) is 2.00. The van der Waals surface area contributed by atoms with Crippen molar-refractivity contribution in [2.24, 2.45) is 0 Å². The van der Waals surface area contributed by atoms with Crippen LogP contribution in [0, 0.1) is 0 Å². The average Bonchev–Trinajstić information content (AvgIpc) is 3.07. The van der Waals surface area contributed by atoms with Gasteiger partial charge in [0, 0.05) is 25.6 Å². The lowest BCUT2D eigenvalue weighted by molar-refractivity contribution is -0.0500. The van der Waals surface area contributed by atoms with E-state index in [2.05, 4.69) is 44.3 Å². The predicted molar refractivity (Wildman–Crippen MR) is 100 cm³/mol. The minimum absolute atomic E-state index is 0.0844. The maximum atomic E-state index is 12.3. The molecule has 0 spiro atoms. The number of nitrogens with zero attached hydrogens (tertiary/aromatic N) is 4. The number of pyridine rings is 1. The van der Waals surface area contributed by atoms with E-state index >= 15 is 0 Å². The Bertz CT molecular complexity index is 902. The van der Waals surface area contributed by atoms with Crippen molar-refractivity contribution in [1.82, 2.24) is 14.5 Å². The molecule has 0 amide bonds. The Hall–Kier alpha value is -2.70. The molecule has 3 heterocycles. The van der Waals surface area contributed by atoms with E-state index in [0.717, 1.165) is 49.5 Å². The smallest absolute Gasteiger partial charge is 0.387 e. The number of ether oxygens (including phenoxy) is 1. The molecule has 0 bridgehead atoms. The summed E-state index contributed by atoms with van der Waals surface area (Å²) in [5, 5.41) is 0. The van der Waals surface area contributed by atoms with Gasteiger partial charge in [0.15, 0.2) is 0 Å². The molecule has 0 saturated carbocycles. The fourth-order valence-electron chi connectivity index (χ4n) is 3.84. The largest absolute Gasteiger partial charge is 0.433 e. The minimum atomic E-state index is -2.83. The summed E-state index contributed by atoms with van der Waals surface area (Å²) >= 11 is 0. The third kappa shape index (κ3) is 3.59. The van der Waals surface area contributed by atoms with E-state index in [1.165, 1.54) is 11.7 Å². The molecular formula is C20H22F2N4O. The second-order valence-corrected chi connectivity index (χ2v) is 6.69. The van der Waals surface area contributed by atoms with Crippen LogP contribution in [0.3, 0.4) is 0 Å². The maximum Gasteiger partial charge on any atom is 0.387 e. The fourth-order valence-corrected chi connectivity index (χ4v) is 3.84. The number of hydrogen-bond donors (Lipinski definition) is 0. The Morgan fingerprint density at radius 3 is 2.59 bits per heavy atom. The quantitative estimate of drug-likeness (QED) is 0.664. The van der Waals surface area contributed by atoms with E-state index in [-0.39, 0.29) is 5.75 Å². The predicted octanol–water partition coefficient (Wildman–Crippen LogP) is 4.44. The summed E-state index contributed by atoms with van der Waals surface area (Å²) in [6, 6.07) is 12.0. The molecule has 1 aromatic carbocycles. The zero-order valence-electron chi connectivity index (χ0n) is 15.2. The monoisotopic (exact) mass is 372 g/mol. The summed E-state index contributed by atoms with van der Waals surface area (Å²) in [6.07, 6.45) is 4.24. The molecule has 2 aromatic heterocycles. The highest BCUT2D eigenvalue weighted by atomic mass is 19.3. The molecular weight excluding hydrogens is 350 g/mol. The van der Waals surface area contributed by atoms with Gasteiger partial charge < -0.3 is 14.2 Å². The second kappa shape index (κ2) is 7.50. The van der Waals surface area contributed by atoms with E-state index in [4.69, 9.17) is 4.98 Å². The average molecular weight is 372 g/mol. The second-order valence-electron chi connectivity index (χ2n) is 6.69. The minimum Gasteiger partial charge on any atom is -0.433 e. The molecule has 0 N–H and O–H groups in total. The lowest BCUT2D eigenvalue weighted by Gasteiger charge is -2.34. The molecule has 3 aromatic rings. The number of anilines is 1. The number of rotatable bonds is 5. The summed E-state index contributed by atoms with van der Waals surface area (Å²) in [4.78, 5) is 11.2. The van der Waals surface area contributed by atoms with Crippen LogP contribution in [0.4, 0.5) is 14.6 Å². The number of benzene rings is 1. The van der Waals surface area contributed by atoms with Crippen LogP contribution in [0.15, 0.2) is 42.6 Å². The Labute approximate surface area is 156 Å². The molecule has 1 fully saturated rings. The fraction of sp³-hybridized carbons (Fsp3) is 0.400. The van der Waals surface area contributed by atoms with E-state index in [1.54, 1.807) is 12.1 Å². The van der Waals surface area contributed by atoms with Crippen molar-refractivity contribution < 1.29 is 13.5 Å². The van der Waals surface area contributed by atoms with Gasteiger partial charge in [-0.1, -0.05) is 19.1 Å². The summed E-state index contributed by atoms with van der Waals surface area (Å²) < 4.78 is 31.3. The Morgan fingerprint density at radius 1 is 1.15 bits per heavy atom. The van der Waals surface area contributed by atoms with Crippen molar-refractivity contribution >= 4 is 16.9 Å². The Morgan fingerprint density at radius 2 is 1.93 bits per heavy atom. The molecule has 1 saturated heterocycles. The molecule has 27 heavy (non-hydrogen) atoms. The van der Waals surface area contributed by atoms with Gasteiger partial charge in [-0.25, -0.2) is 9.97 Å². The lowest BCUT2D eigenvalue weighted by Crippen LogP contribution is -2.35. The molecule has 4 rings (SSSR count). The van der Waals surface area contributed by atoms with Crippen molar-refractivity contribution in [2.45, 2.75) is 38.8 Å². The zero-order chi connectivity index (χ0) is 18.8. The Balaban J connectivity index is 1.48. The highest BCUT2D eigenvalue weighted by Gasteiger charge is 2.24. The van der Waals surface area contributed by atoms with Crippen molar-refractivity contribution in [3.05, 3.63) is 48.4 Å². The van der Waals surface area contributed by atoms with Gasteiger partial charge in [-0.05, 0) is 37.1 Å². The van der Waals surface area contributed by atoms with Gasteiger partial charge in [-0.15, -0.1) is 0 Å². The van der Waals surface area contributed by atoms with Crippen molar-refractivity contribution in [1.29, 1.82) is 0 Å². The van der Waals surface area contributed by atoms with Crippen molar-refractivity contribution in [2.75, 3.05) is 18.0 Å². The number of fused-ring (bicyclic) bond motifs is 1.